The molecular formula is C15H27NO2. The van der Waals surface area contributed by atoms with Crippen molar-refractivity contribution in [2.24, 2.45) is 11.8 Å². The van der Waals surface area contributed by atoms with Crippen molar-refractivity contribution in [2.45, 2.75) is 64.0 Å². The van der Waals surface area contributed by atoms with Crippen LogP contribution in [0.1, 0.15) is 51.9 Å². The van der Waals surface area contributed by atoms with Gasteiger partial charge in [0.25, 0.3) is 0 Å². The van der Waals surface area contributed by atoms with Gasteiger partial charge in [-0.25, -0.2) is 0 Å². The zero-order valence-corrected chi connectivity index (χ0v) is 12.0. The van der Waals surface area contributed by atoms with Crippen molar-refractivity contribution in [1.29, 1.82) is 0 Å². The Morgan fingerprint density at radius 2 is 2.11 bits per heavy atom. The van der Waals surface area contributed by atoms with E-state index in [1.807, 2.05) is 0 Å². The smallest absolute Gasteiger partial charge is 0.310 e. The molecule has 18 heavy (non-hydrogen) atoms. The standard InChI is InChI=1S/C15H27NO2/c1-4-5-6-7-11-10-12-8-9-13(16(12)2)14(11)15(17)18-3/h11-14H,4-10H2,1-3H3/t11-,12-,13+,14-/m0/s1. The van der Waals surface area contributed by atoms with Gasteiger partial charge in [-0.1, -0.05) is 26.2 Å². The van der Waals surface area contributed by atoms with E-state index in [0.29, 0.717) is 18.0 Å². The molecule has 2 aliphatic heterocycles. The van der Waals surface area contributed by atoms with E-state index in [2.05, 4.69) is 18.9 Å². The van der Waals surface area contributed by atoms with Crippen LogP contribution in [-0.4, -0.2) is 37.1 Å². The third-order valence-electron chi connectivity index (χ3n) is 5.04. The van der Waals surface area contributed by atoms with Crippen LogP contribution >= 0.6 is 0 Å². The second-order valence-electron chi connectivity index (χ2n) is 6.00. The lowest BCUT2D eigenvalue weighted by Crippen LogP contribution is -2.49. The highest BCUT2D eigenvalue weighted by molar-refractivity contribution is 5.74. The number of hydrogen-bond donors (Lipinski definition) is 0. The first-order valence-electron chi connectivity index (χ1n) is 7.48. The summed E-state index contributed by atoms with van der Waals surface area (Å²) in [6.45, 7) is 2.23. The van der Waals surface area contributed by atoms with Crippen LogP contribution in [0.3, 0.4) is 0 Å². The normalized spacial score (nSPS) is 35.7. The van der Waals surface area contributed by atoms with Gasteiger partial charge in [0.15, 0.2) is 0 Å². The zero-order valence-electron chi connectivity index (χ0n) is 12.0. The summed E-state index contributed by atoms with van der Waals surface area (Å²) >= 11 is 0. The first-order valence-corrected chi connectivity index (χ1v) is 7.48. The molecule has 3 heteroatoms. The summed E-state index contributed by atoms with van der Waals surface area (Å²) in [5.41, 5.74) is 0. The molecule has 3 nitrogen and oxygen atoms in total. The predicted molar refractivity (Wildman–Crippen MR) is 72.3 cm³/mol. The number of nitrogens with zero attached hydrogens (tertiary/aromatic N) is 1. The van der Waals surface area contributed by atoms with Gasteiger partial charge in [-0.3, -0.25) is 9.69 Å². The fraction of sp³-hybridized carbons (Fsp3) is 0.933. The van der Waals surface area contributed by atoms with E-state index in [4.69, 9.17) is 4.74 Å². The fourth-order valence-electron chi connectivity index (χ4n) is 4.01. The number of methoxy groups -OCH3 is 1. The number of hydrogen-bond acceptors (Lipinski definition) is 3. The minimum atomic E-state index is 0.0219. The Hall–Kier alpha value is -0.570. The highest BCUT2D eigenvalue weighted by Crippen LogP contribution is 2.43. The number of piperidine rings is 1. The van der Waals surface area contributed by atoms with Crippen molar-refractivity contribution in [3.63, 3.8) is 0 Å². The Labute approximate surface area is 111 Å². The highest BCUT2D eigenvalue weighted by atomic mass is 16.5. The number of carbonyl (C=O) groups excluding carboxylic acids is 1. The summed E-state index contributed by atoms with van der Waals surface area (Å²) in [5.74, 6) is 0.696. The van der Waals surface area contributed by atoms with Crippen molar-refractivity contribution < 1.29 is 9.53 Å². The minimum Gasteiger partial charge on any atom is -0.469 e. The number of esters is 1. The molecule has 0 N–H and O–H groups in total. The van der Waals surface area contributed by atoms with Crippen LogP contribution in [0.2, 0.25) is 0 Å². The van der Waals surface area contributed by atoms with Gasteiger partial charge in [-0.2, -0.15) is 0 Å². The van der Waals surface area contributed by atoms with Crippen LogP contribution in [0.4, 0.5) is 0 Å². The molecule has 2 aliphatic rings. The van der Waals surface area contributed by atoms with Crippen molar-refractivity contribution in [3.8, 4) is 0 Å². The average molecular weight is 253 g/mol. The number of fused-ring (bicyclic) bond motifs is 2. The monoisotopic (exact) mass is 253 g/mol. The van der Waals surface area contributed by atoms with E-state index in [1.165, 1.54) is 52.1 Å². The minimum absolute atomic E-state index is 0.0219. The van der Waals surface area contributed by atoms with Crippen molar-refractivity contribution >= 4 is 5.97 Å². The Balaban J connectivity index is 2.04. The molecule has 104 valence electrons. The summed E-state index contributed by atoms with van der Waals surface area (Å²) in [7, 11) is 3.72. The van der Waals surface area contributed by atoms with Gasteiger partial charge in [0.1, 0.15) is 0 Å². The van der Waals surface area contributed by atoms with E-state index in [-0.39, 0.29) is 11.9 Å². The molecule has 2 fully saturated rings. The first-order chi connectivity index (χ1) is 8.69. The van der Waals surface area contributed by atoms with Crippen LogP contribution in [-0.2, 0) is 9.53 Å². The lowest BCUT2D eigenvalue weighted by molar-refractivity contribution is -0.152. The van der Waals surface area contributed by atoms with Crippen LogP contribution in [0.25, 0.3) is 0 Å². The molecule has 4 atom stereocenters. The van der Waals surface area contributed by atoms with Gasteiger partial charge in [-0.05, 0) is 38.6 Å². The predicted octanol–water partition coefficient (Wildman–Crippen LogP) is 2.84. The summed E-state index contributed by atoms with van der Waals surface area (Å²) < 4.78 is 5.06. The van der Waals surface area contributed by atoms with Crippen LogP contribution in [0.15, 0.2) is 0 Å². The third kappa shape index (κ3) is 2.56. The summed E-state index contributed by atoms with van der Waals surface area (Å²) in [6, 6.07) is 1.14. The molecule has 0 aliphatic carbocycles. The quantitative estimate of drug-likeness (QED) is 0.557. The summed E-state index contributed by atoms with van der Waals surface area (Å²) in [6.07, 6.45) is 8.63. The van der Waals surface area contributed by atoms with Gasteiger partial charge in [-0.15, -0.1) is 0 Å². The van der Waals surface area contributed by atoms with E-state index >= 15 is 0 Å². The molecule has 0 amide bonds. The number of unbranched alkanes of at least 4 members (excludes halogenated alkanes) is 2. The third-order valence-corrected chi connectivity index (χ3v) is 5.04. The average Bonchev–Trinajstić information content (AvgIpc) is 2.63. The van der Waals surface area contributed by atoms with Crippen LogP contribution in [0, 0.1) is 11.8 Å². The second kappa shape index (κ2) is 6.05. The molecule has 0 saturated carbocycles. The van der Waals surface area contributed by atoms with Gasteiger partial charge >= 0.3 is 5.97 Å². The van der Waals surface area contributed by atoms with Gasteiger partial charge in [0.05, 0.1) is 13.0 Å². The molecule has 2 bridgehead atoms. The molecular weight excluding hydrogens is 226 g/mol. The topological polar surface area (TPSA) is 29.5 Å². The lowest BCUT2D eigenvalue weighted by Gasteiger charge is -2.41. The SMILES string of the molecule is CCCCC[C@H]1C[C@@H]2CC[C@H]([C@H]1C(=O)OC)N2C. The fourth-order valence-corrected chi connectivity index (χ4v) is 4.01. The van der Waals surface area contributed by atoms with Crippen molar-refractivity contribution in [3.05, 3.63) is 0 Å². The molecule has 2 rings (SSSR count). The molecule has 0 aromatic carbocycles. The molecule has 0 unspecified atom stereocenters. The maximum Gasteiger partial charge on any atom is 0.310 e. The van der Waals surface area contributed by atoms with E-state index in [0.717, 1.165) is 0 Å². The van der Waals surface area contributed by atoms with E-state index in [1.54, 1.807) is 0 Å². The Bertz CT molecular complexity index is 292. The zero-order chi connectivity index (χ0) is 13.1. The van der Waals surface area contributed by atoms with Crippen LogP contribution in [0.5, 0.6) is 0 Å². The van der Waals surface area contributed by atoms with Crippen molar-refractivity contribution in [1.82, 2.24) is 4.90 Å². The summed E-state index contributed by atoms with van der Waals surface area (Å²) in [5, 5.41) is 0. The molecule has 0 spiro atoms. The van der Waals surface area contributed by atoms with Gasteiger partial charge in [0, 0.05) is 12.1 Å². The van der Waals surface area contributed by atoms with Crippen molar-refractivity contribution in [2.75, 3.05) is 14.2 Å². The molecule has 2 heterocycles. The number of rotatable bonds is 5. The largest absolute Gasteiger partial charge is 0.469 e. The maximum absolute atomic E-state index is 12.1. The summed E-state index contributed by atoms with van der Waals surface area (Å²) in [4.78, 5) is 14.5. The van der Waals surface area contributed by atoms with E-state index < -0.39 is 0 Å². The lowest BCUT2D eigenvalue weighted by atomic mass is 9.77. The molecule has 2 saturated heterocycles. The van der Waals surface area contributed by atoms with E-state index in [9.17, 15) is 4.79 Å². The molecule has 0 radical (unpaired) electrons. The Kier molecular flexibility index (Phi) is 4.66. The second-order valence-corrected chi connectivity index (χ2v) is 6.00. The van der Waals surface area contributed by atoms with Gasteiger partial charge < -0.3 is 4.74 Å². The molecule has 0 aromatic rings. The number of ether oxygens (including phenoxy) is 1. The number of carbonyl (C=O) groups is 1. The first kappa shape index (κ1) is 13.9. The maximum atomic E-state index is 12.1. The highest BCUT2D eigenvalue weighted by Gasteiger charge is 2.48. The van der Waals surface area contributed by atoms with Gasteiger partial charge in [0.2, 0.25) is 0 Å². The van der Waals surface area contributed by atoms with Crippen LogP contribution < -0.4 is 0 Å². The molecule has 0 aromatic heterocycles. The Morgan fingerprint density at radius 1 is 1.33 bits per heavy atom. The Morgan fingerprint density at radius 3 is 2.78 bits per heavy atom.